The van der Waals surface area contributed by atoms with Gasteiger partial charge >= 0.3 is 0 Å². The topological polar surface area (TPSA) is 83.6 Å². The summed E-state index contributed by atoms with van der Waals surface area (Å²) in [6.45, 7) is 4.45. The van der Waals surface area contributed by atoms with Crippen molar-refractivity contribution in [3.63, 3.8) is 0 Å². The largest absolute Gasteiger partial charge is 0.454 e. The van der Waals surface area contributed by atoms with E-state index in [1.807, 2.05) is 42.5 Å². The van der Waals surface area contributed by atoms with Crippen LogP contribution in [-0.2, 0) is 13.0 Å². The van der Waals surface area contributed by atoms with Crippen LogP contribution < -0.4 is 20.1 Å². The monoisotopic (exact) mass is 493 g/mol. The molecule has 3 N–H and O–H groups in total. The first-order valence-electron chi connectivity index (χ1n) is 9.16. The number of aromatic amines is 1. The van der Waals surface area contributed by atoms with Crippen LogP contribution in [0.1, 0.15) is 18.3 Å². The van der Waals surface area contributed by atoms with Crippen molar-refractivity contribution in [2.75, 3.05) is 19.9 Å². The number of nitrogens with one attached hydrogen (secondary N) is 3. The molecule has 7 nitrogen and oxygen atoms in total. The van der Waals surface area contributed by atoms with Crippen LogP contribution >= 0.6 is 24.0 Å². The molecule has 1 aliphatic rings. The van der Waals surface area contributed by atoms with Crippen LogP contribution in [-0.4, -0.2) is 35.8 Å². The van der Waals surface area contributed by atoms with E-state index < -0.39 is 0 Å². The Morgan fingerprint density at radius 1 is 1.14 bits per heavy atom. The number of rotatable bonds is 6. The predicted molar refractivity (Wildman–Crippen MR) is 121 cm³/mol. The molecule has 0 aliphatic carbocycles. The second-order valence-corrected chi connectivity index (χ2v) is 6.26. The van der Waals surface area contributed by atoms with Gasteiger partial charge in [-0.15, -0.1) is 24.0 Å². The maximum atomic E-state index is 5.42. The molecular weight excluding hydrogens is 469 g/mol. The van der Waals surface area contributed by atoms with Gasteiger partial charge in [-0.05, 0) is 36.8 Å². The number of aliphatic imine (C=N–C) groups is 1. The Balaban J connectivity index is 0.00000225. The van der Waals surface area contributed by atoms with E-state index >= 15 is 0 Å². The third-order valence-corrected chi connectivity index (χ3v) is 4.29. The highest BCUT2D eigenvalue weighted by atomic mass is 127. The fraction of sp³-hybridized carbons (Fsp3) is 0.300. The number of benzene rings is 2. The molecule has 3 aromatic rings. The summed E-state index contributed by atoms with van der Waals surface area (Å²) in [5.41, 5.74) is 3.14. The number of H-pyrrole nitrogens is 1. The van der Waals surface area contributed by atoms with Crippen LogP contribution in [0.25, 0.3) is 11.0 Å². The Kier molecular flexibility index (Phi) is 6.96. The van der Waals surface area contributed by atoms with Crippen molar-refractivity contribution in [3.8, 4) is 11.5 Å². The van der Waals surface area contributed by atoms with Gasteiger partial charge in [-0.1, -0.05) is 18.2 Å². The zero-order valence-corrected chi connectivity index (χ0v) is 18.0. The highest BCUT2D eigenvalue weighted by Gasteiger charge is 2.13. The number of aromatic nitrogens is 2. The maximum absolute atomic E-state index is 5.42. The van der Waals surface area contributed by atoms with E-state index in [9.17, 15) is 0 Å². The van der Waals surface area contributed by atoms with Crippen molar-refractivity contribution < 1.29 is 9.47 Å². The van der Waals surface area contributed by atoms with Crippen LogP contribution in [0.5, 0.6) is 11.5 Å². The quantitative estimate of drug-likeness (QED) is 0.279. The minimum atomic E-state index is 0. The average molecular weight is 493 g/mol. The number of nitrogens with zero attached hydrogens (tertiary/aromatic N) is 2. The summed E-state index contributed by atoms with van der Waals surface area (Å²) in [5, 5.41) is 6.63. The number of para-hydroxylation sites is 2. The molecule has 1 aliphatic heterocycles. The second-order valence-electron chi connectivity index (χ2n) is 6.26. The van der Waals surface area contributed by atoms with Crippen molar-refractivity contribution in [2.24, 2.45) is 4.99 Å². The number of ether oxygens (including phenoxy) is 2. The molecule has 2 heterocycles. The first kappa shape index (κ1) is 20.2. The van der Waals surface area contributed by atoms with Gasteiger partial charge in [0.25, 0.3) is 0 Å². The molecule has 0 amide bonds. The summed E-state index contributed by atoms with van der Waals surface area (Å²) in [5.74, 6) is 3.32. The predicted octanol–water partition coefficient (Wildman–Crippen LogP) is 3.21. The van der Waals surface area contributed by atoms with Gasteiger partial charge in [0.15, 0.2) is 17.5 Å². The molecule has 8 heteroatoms. The Bertz CT molecular complexity index is 924. The number of imidazole rings is 1. The standard InChI is InChI=1S/C20H23N5O2.HI/c1-2-21-20(23-12-14-7-8-17-18(11-14)27-13-26-17)22-10-9-19-24-15-5-3-4-6-16(15)25-19;/h3-8,11H,2,9-10,12-13H2,1H3,(H,24,25)(H2,21,22,23);1H. The Hall–Kier alpha value is -2.49. The molecule has 2 aromatic carbocycles. The molecule has 0 saturated carbocycles. The summed E-state index contributed by atoms with van der Waals surface area (Å²) < 4.78 is 10.8. The van der Waals surface area contributed by atoms with Crippen LogP contribution in [0, 0.1) is 0 Å². The lowest BCUT2D eigenvalue weighted by Gasteiger charge is -2.10. The molecular formula is C20H24IN5O2. The van der Waals surface area contributed by atoms with Crippen molar-refractivity contribution in [1.29, 1.82) is 0 Å². The molecule has 0 atom stereocenters. The maximum Gasteiger partial charge on any atom is 0.231 e. The Morgan fingerprint density at radius 3 is 2.86 bits per heavy atom. The molecule has 0 unspecified atom stereocenters. The second kappa shape index (κ2) is 9.63. The lowest BCUT2D eigenvalue weighted by atomic mass is 10.2. The summed E-state index contributed by atoms with van der Waals surface area (Å²) in [6, 6.07) is 14.0. The molecule has 0 saturated heterocycles. The first-order valence-corrected chi connectivity index (χ1v) is 9.16. The SMILES string of the molecule is CCNC(=NCc1ccc2c(c1)OCO2)NCCc1nc2ccccc2[nH]1.I. The molecule has 0 fully saturated rings. The molecule has 1 aromatic heterocycles. The van der Waals surface area contributed by atoms with Gasteiger partial charge in [0.1, 0.15) is 5.82 Å². The minimum absolute atomic E-state index is 0. The third kappa shape index (κ3) is 4.86. The highest BCUT2D eigenvalue weighted by Crippen LogP contribution is 2.32. The average Bonchev–Trinajstić information content (AvgIpc) is 3.31. The normalized spacial score (nSPS) is 12.7. The third-order valence-electron chi connectivity index (χ3n) is 4.29. The zero-order valence-electron chi connectivity index (χ0n) is 15.7. The summed E-state index contributed by atoms with van der Waals surface area (Å²) in [7, 11) is 0. The van der Waals surface area contributed by atoms with E-state index in [2.05, 4.69) is 32.5 Å². The number of guanidine groups is 1. The van der Waals surface area contributed by atoms with Crippen LogP contribution in [0.3, 0.4) is 0 Å². The molecule has 0 bridgehead atoms. The van der Waals surface area contributed by atoms with Gasteiger partial charge in [-0.25, -0.2) is 9.98 Å². The van der Waals surface area contributed by atoms with E-state index in [1.165, 1.54) is 0 Å². The number of hydrogen-bond acceptors (Lipinski definition) is 4. The van der Waals surface area contributed by atoms with E-state index in [4.69, 9.17) is 9.47 Å². The van der Waals surface area contributed by atoms with Gasteiger partial charge < -0.3 is 25.1 Å². The van der Waals surface area contributed by atoms with Crippen molar-refractivity contribution >= 4 is 41.0 Å². The lowest BCUT2D eigenvalue weighted by Crippen LogP contribution is -2.38. The van der Waals surface area contributed by atoms with Gasteiger partial charge in [0, 0.05) is 19.5 Å². The van der Waals surface area contributed by atoms with Gasteiger partial charge in [0.05, 0.1) is 17.6 Å². The van der Waals surface area contributed by atoms with E-state index in [-0.39, 0.29) is 30.8 Å². The van der Waals surface area contributed by atoms with Gasteiger partial charge in [-0.3, -0.25) is 0 Å². The lowest BCUT2D eigenvalue weighted by molar-refractivity contribution is 0.174. The number of hydrogen-bond donors (Lipinski definition) is 3. The van der Waals surface area contributed by atoms with Crippen molar-refractivity contribution in [2.45, 2.75) is 19.9 Å². The van der Waals surface area contributed by atoms with Crippen LogP contribution in [0.4, 0.5) is 0 Å². The van der Waals surface area contributed by atoms with E-state index in [0.29, 0.717) is 6.54 Å². The van der Waals surface area contributed by atoms with Gasteiger partial charge in [-0.2, -0.15) is 0 Å². The first-order chi connectivity index (χ1) is 13.3. The molecule has 148 valence electrons. The molecule has 0 spiro atoms. The Labute approximate surface area is 181 Å². The Morgan fingerprint density at radius 2 is 2.00 bits per heavy atom. The smallest absolute Gasteiger partial charge is 0.231 e. The minimum Gasteiger partial charge on any atom is -0.454 e. The summed E-state index contributed by atoms with van der Waals surface area (Å²) in [4.78, 5) is 12.6. The van der Waals surface area contributed by atoms with Gasteiger partial charge in [0.2, 0.25) is 6.79 Å². The molecule has 28 heavy (non-hydrogen) atoms. The van der Waals surface area contributed by atoms with Crippen LogP contribution in [0.2, 0.25) is 0 Å². The van der Waals surface area contributed by atoms with E-state index in [0.717, 1.165) is 59.4 Å². The zero-order chi connectivity index (χ0) is 18.5. The number of fused-ring (bicyclic) bond motifs is 2. The highest BCUT2D eigenvalue weighted by molar-refractivity contribution is 14.0. The summed E-state index contributed by atoms with van der Waals surface area (Å²) in [6.07, 6.45) is 0.795. The molecule has 0 radical (unpaired) electrons. The number of halogens is 1. The van der Waals surface area contributed by atoms with Crippen LogP contribution in [0.15, 0.2) is 47.5 Å². The molecule has 4 rings (SSSR count). The fourth-order valence-corrected chi connectivity index (χ4v) is 2.97. The summed E-state index contributed by atoms with van der Waals surface area (Å²) >= 11 is 0. The fourth-order valence-electron chi connectivity index (χ4n) is 2.97. The van der Waals surface area contributed by atoms with E-state index in [1.54, 1.807) is 0 Å². The van der Waals surface area contributed by atoms with Crippen molar-refractivity contribution in [3.05, 3.63) is 53.9 Å². The van der Waals surface area contributed by atoms with Crippen molar-refractivity contribution in [1.82, 2.24) is 20.6 Å².